The van der Waals surface area contributed by atoms with Crippen LogP contribution in [0.5, 0.6) is 0 Å². The molecule has 5 rings (SSSR count). The molecule has 9 heteroatoms. The molecule has 0 amide bonds. The molecule has 228 valence electrons. The minimum atomic E-state index is -4.51. The fourth-order valence-corrected chi connectivity index (χ4v) is 8.06. The van der Waals surface area contributed by atoms with Crippen molar-refractivity contribution >= 4 is 23.4 Å². The normalized spacial score (nSPS) is 23.2. The first-order valence-corrected chi connectivity index (χ1v) is 16.2. The molecular weight excluding hydrogens is 545 g/mol. The largest absolute Gasteiger partial charge is 0.419 e. The third-order valence-corrected chi connectivity index (χ3v) is 10.1. The van der Waals surface area contributed by atoms with Crippen LogP contribution in [-0.2, 0) is 6.18 Å². The Balaban J connectivity index is 0.00000124. The zero-order chi connectivity index (χ0) is 29.8. The number of benzene rings is 1. The maximum Gasteiger partial charge on any atom is 0.419 e. The molecule has 5 nitrogen and oxygen atoms in total. The van der Waals surface area contributed by atoms with Crippen molar-refractivity contribution in [2.75, 3.05) is 18.4 Å². The van der Waals surface area contributed by atoms with Gasteiger partial charge >= 0.3 is 6.18 Å². The van der Waals surface area contributed by atoms with Gasteiger partial charge in [0.2, 0.25) is 5.95 Å². The van der Waals surface area contributed by atoms with E-state index in [0.717, 1.165) is 17.4 Å². The molecule has 1 aromatic carbocycles. The zero-order valence-corrected chi connectivity index (χ0v) is 26.0. The fraction of sp³-hybridized carbons (Fsp3) is 0.688. The maximum atomic E-state index is 13.7. The number of aliphatic hydroxyl groups is 1. The Labute approximate surface area is 248 Å². The number of rotatable bonds is 6. The van der Waals surface area contributed by atoms with Gasteiger partial charge in [0.1, 0.15) is 0 Å². The van der Waals surface area contributed by atoms with Crippen molar-refractivity contribution in [3.05, 3.63) is 41.2 Å². The van der Waals surface area contributed by atoms with Crippen LogP contribution < -0.4 is 5.32 Å². The number of nitrogens with one attached hydrogen (secondary N) is 1. The average Bonchev–Trinajstić information content (AvgIpc) is 2.90. The van der Waals surface area contributed by atoms with Gasteiger partial charge in [0.25, 0.3) is 0 Å². The Bertz CT molecular complexity index is 1130. The molecule has 1 aromatic heterocycles. The Hall–Kier alpha value is -1.84. The molecule has 0 radical (unpaired) electrons. The minimum Gasteiger partial charge on any atom is -0.393 e. The van der Waals surface area contributed by atoms with E-state index in [4.69, 9.17) is 0 Å². The number of likely N-dealkylation sites (tertiary alicyclic amines) is 1. The Morgan fingerprint density at radius 2 is 1.73 bits per heavy atom. The van der Waals surface area contributed by atoms with Crippen LogP contribution in [0.2, 0.25) is 0 Å². The number of hydrogen-bond donors (Lipinski definition) is 2. The van der Waals surface area contributed by atoms with Gasteiger partial charge in [-0.05, 0) is 114 Å². The molecule has 2 aromatic rings. The van der Waals surface area contributed by atoms with Crippen LogP contribution in [0.15, 0.2) is 29.3 Å². The monoisotopic (exact) mass is 592 g/mol. The fourth-order valence-electron chi connectivity index (χ4n) is 6.41. The summed E-state index contributed by atoms with van der Waals surface area (Å²) in [6, 6.07) is 6.84. The van der Waals surface area contributed by atoms with E-state index in [9.17, 15) is 18.3 Å². The van der Waals surface area contributed by atoms with Crippen LogP contribution in [0.4, 0.5) is 24.8 Å². The Kier molecular flexibility index (Phi) is 10.7. The third-order valence-electron chi connectivity index (χ3n) is 8.86. The summed E-state index contributed by atoms with van der Waals surface area (Å²) in [5.74, 6) is -0.155. The van der Waals surface area contributed by atoms with Gasteiger partial charge < -0.3 is 15.3 Å². The second-order valence-electron chi connectivity index (χ2n) is 12.6. The first-order chi connectivity index (χ1) is 19.4. The quantitative estimate of drug-likeness (QED) is 0.350. The van der Waals surface area contributed by atoms with Crippen LogP contribution in [0.3, 0.4) is 0 Å². The summed E-state index contributed by atoms with van der Waals surface area (Å²) in [5.41, 5.74) is 1.60. The van der Waals surface area contributed by atoms with Crippen LogP contribution in [0.25, 0.3) is 0 Å². The van der Waals surface area contributed by atoms with Crippen LogP contribution >= 0.6 is 11.8 Å². The predicted molar refractivity (Wildman–Crippen MR) is 162 cm³/mol. The lowest BCUT2D eigenvalue weighted by Gasteiger charge is -2.52. The highest BCUT2D eigenvalue weighted by molar-refractivity contribution is 8.00. The molecule has 3 fully saturated rings. The number of anilines is 2. The van der Waals surface area contributed by atoms with Crippen molar-refractivity contribution in [1.82, 2.24) is 14.9 Å². The third kappa shape index (κ3) is 8.17. The molecular formula is C32H47F3N4OS. The molecule has 2 N–H and O–H groups in total. The molecule has 2 aliphatic carbocycles. The van der Waals surface area contributed by atoms with Gasteiger partial charge in [0.05, 0.1) is 17.4 Å². The van der Waals surface area contributed by atoms with Gasteiger partial charge in [-0.15, -0.1) is 11.8 Å². The number of piperidine rings is 1. The Morgan fingerprint density at radius 3 is 2.29 bits per heavy atom. The smallest absolute Gasteiger partial charge is 0.393 e. The SMILES string of the molecule is CCC.Cc1cc(SC2CC3(CCN(C(C)C)CC3)C2)ccc1Nc1ncc(C(F)(F)F)c(C2CCC(O)CC2)n1. The summed E-state index contributed by atoms with van der Waals surface area (Å²) >= 11 is 1.94. The van der Waals surface area contributed by atoms with Crippen LogP contribution in [-0.4, -0.2) is 50.5 Å². The Morgan fingerprint density at radius 1 is 1.10 bits per heavy atom. The van der Waals surface area contributed by atoms with Gasteiger partial charge in [-0.2, -0.15) is 13.2 Å². The number of aromatic nitrogens is 2. The number of thioether (sulfide) groups is 1. The second-order valence-corrected chi connectivity index (χ2v) is 14.0. The molecule has 41 heavy (non-hydrogen) atoms. The molecule has 2 heterocycles. The van der Waals surface area contributed by atoms with Gasteiger partial charge in [-0.25, -0.2) is 9.97 Å². The highest BCUT2D eigenvalue weighted by Gasteiger charge is 2.46. The van der Waals surface area contributed by atoms with E-state index in [2.05, 4.69) is 60.0 Å². The number of halogens is 3. The number of nitrogens with zero attached hydrogens (tertiary/aromatic N) is 3. The molecule has 0 atom stereocenters. The van der Waals surface area contributed by atoms with Gasteiger partial charge in [-0.1, -0.05) is 20.3 Å². The lowest BCUT2D eigenvalue weighted by Crippen LogP contribution is -2.49. The van der Waals surface area contributed by atoms with E-state index in [1.165, 1.54) is 50.1 Å². The zero-order valence-electron chi connectivity index (χ0n) is 25.2. The lowest BCUT2D eigenvalue weighted by molar-refractivity contribution is -0.139. The van der Waals surface area contributed by atoms with E-state index >= 15 is 0 Å². The van der Waals surface area contributed by atoms with Crippen molar-refractivity contribution in [3.63, 3.8) is 0 Å². The van der Waals surface area contributed by atoms with Crippen molar-refractivity contribution in [3.8, 4) is 0 Å². The summed E-state index contributed by atoms with van der Waals surface area (Å²) in [7, 11) is 0. The lowest BCUT2D eigenvalue weighted by atomic mass is 9.63. The van der Waals surface area contributed by atoms with Crippen molar-refractivity contribution in [1.29, 1.82) is 0 Å². The maximum absolute atomic E-state index is 13.7. The van der Waals surface area contributed by atoms with Crippen LogP contribution in [0.1, 0.15) is 108 Å². The minimum absolute atomic E-state index is 0.0323. The van der Waals surface area contributed by atoms with Gasteiger partial charge in [0, 0.05) is 34.0 Å². The summed E-state index contributed by atoms with van der Waals surface area (Å²) < 4.78 is 41.1. The van der Waals surface area contributed by atoms with E-state index in [-0.39, 0.29) is 17.6 Å². The number of hydrogen-bond acceptors (Lipinski definition) is 6. The van der Waals surface area contributed by atoms with E-state index in [1.807, 2.05) is 24.8 Å². The summed E-state index contributed by atoms with van der Waals surface area (Å²) in [5, 5.41) is 13.6. The van der Waals surface area contributed by atoms with Crippen molar-refractivity contribution in [2.45, 2.75) is 127 Å². The molecule has 1 aliphatic heterocycles. The topological polar surface area (TPSA) is 61.3 Å². The van der Waals surface area contributed by atoms with Crippen molar-refractivity contribution < 1.29 is 18.3 Å². The summed E-state index contributed by atoms with van der Waals surface area (Å²) in [6.07, 6.45) is 4.33. The number of alkyl halides is 3. The summed E-state index contributed by atoms with van der Waals surface area (Å²) in [6.45, 7) is 13.2. The molecule has 1 saturated heterocycles. The van der Waals surface area contributed by atoms with Crippen LogP contribution in [0, 0.1) is 12.3 Å². The predicted octanol–water partition coefficient (Wildman–Crippen LogP) is 8.73. The first-order valence-electron chi connectivity index (χ1n) is 15.3. The highest BCUT2D eigenvalue weighted by atomic mass is 32.2. The average molecular weight is 593 g/mol. The van der Waals surface area contributed by atoms with E-state index in [1.54, 1.807) is 0 Å². The number of aryl methyl sites for hydroxylation is 1. The molecule has 0 bridgehead atoms. The van der Waals surface area contributed by atoms with Crippen molar-refractivity contribution in [2.24, 2.45) is 5.41 Å². The molecule has 3 aliphatic rings. The van der Waals surface area contributed by atoms with Gasteiger partial charge in [0.15, 0.2) is 0 Å². The molecule has 0 unspecified atom stereocenters. The molecule has 2 saturated carbocycles. The van der Waals surface area contributed by atoms with Gasteiger partial charge in [-0.3, -0.25) is 0 Å². The first kappa shape index (κ1) is 32.1. The van der Waals surface area contributed by atoms with E-state index < -0.39 is 17.8 Å². The molecule has 1 spiro atoms. The second kappa shape index (κ2) is 13.6. The standard InChI is InChI=1S/C29H39F3N4OS.C3H8/c1-18(2)36-12-10-28(11-13-36)15-23(16-28)38-22-8-9-25(19(3)14-22)34-27-33-17-24(29(30,31)32)26(35-27)20-4-6-21(37)7-5-20;1-3-2/h8-9,14,17-18,20-21,23,37H,4-7,10-13,15-16H2,1-3H3,(H,33,34,35);3H2,1-2H3. The summed E-state index contributed by atoms with van der Waals surface area (Å²) in [4.78, 5) is 12.2. The highest BCUT2D eigenvalue weighted by Crippen LogP contribution is 2.55. The van der Waals surface area contributed by atoms with E-state index in [0.29, 0.717) is 42.4 Å². The number of aliphatic hydroxyl groups excluding tert-OH is 1.